The van der Waals surface area contributed by atoms with Gasteiger partial charge in [-0.05, 0) is 72.8 Å². The Morgan fingerprint density at radius 3 is 0.692 bits per heavy atom. The highest BCUT2D eigenvalue weighted by Gasteiger charge is 2.70. The maximum Gasteiger partial charge on any atom is 0.521 e. The van der Waals surface area contributed by atoms with Crippen molar-refractivity contribution in [2.75, 3.05) is 18.3 Å². The summed E-state index contributed by atoms with van der Waals surface area (Å²) in [6.07, 6.45) is 35.3. The van der Waals surface area contributed by atoms with Crippen molar-refractivity contribution in [3.8, 4) is 45.0 Å². The zero-order valence-electron chi connectivity index (χ0n) is 34.1. The van der Waals surface area contributed by atoms with Crippen LogP contribution in [0.5, 0.6) is 0 Å². The molecular weight excluding hydrogens is 829 g/mol. The summed E-state index contributed by atoms with van der Waals surface area (Å²) in [5, 5.41) is 0. The van der Waals surface area contributed by atoms with Gasteiger partial charge in [0, 0.05) is 144 Å². The fraction of sp³-hybridized carbons (Fsp3) is 0. The summed E-state index contributed by atoms with van der Waals surface area (Å²) in [4.78, 5) is 55.6. The highest BCUT2D eigenvalue weighted by molar-refractivity contribution is 6.99. The molecule has 308 valence electrons. The van der Waals surface area contributed by atoms with Crippen LogP contribution in [0, 0.1) is 0 Å². The van der Waals surface area contributed by atoms with Crippen LogP contribution >= 0.6 is 0 Å². The number of nitrogens with zero attached hydrogens (tertiary/aromatic N) is 16. The second-order valence-corrected chi connectivity index (χ2v) is 17.9. The molecule has 16 nitrogen and oxygen atoms in total. The molecule has 0 saturated carbocycles. The van der Waals surface area contributed by atoms with Gasteiger partial charge in [-0.2, -0.15) is 0 Å². The predicted octanol–water partition coefficient (Wildman–Crippen LogP) is 8.81. The molecule has 0 N–H and O–H groups in total. The standard InChI is InChI=1S/C48H32N16Si/c1-9-49-10-2-33(1)61-45-25-37(41-29-53-17-21-57-41)38(42-30-54-18-22-58-42)26-46(45)62(34-3-11-50-12-4-34)65(61)63(35-5-13-51-14-6-35)47-27-39(43-31-55-19-23-59-43)40(44-32-56-20-24-60-44)28-48(47)64(65)36-7-15-52-16-8-36/h1-32H. The van der Waals surface area contributed by atoms with Crippen LogP contribution in [0.15, 0.2) is 197 Å². The number of anilines is 8. The van der Waals surface area contributed by atoms with Gasteiger partial charge in [0.2, 0.25) is 0 Å². The van der Waals surface area contributed by atoms with Crippen LogP contribution in [0.4, 0.5) is 45.5 Å². The molecule has 12 rings (SSSR count). The molecule has 0 atom stereocenters. The molecule has 0 radical (unpaired) electrons. The molecule has 0 fully saturated rings. The van der Waals surface area contributed by atoms with E-state index in [0.29, 0.717) is 22.8 Å². The smallest absolute Gasteiger partial charge is 0.313 e. The minimum absolute atomic E-state index is 0.678. The number of benzene rings is 2. The van der Waals surface area contributed by atoms with Gasteiger partial charge < -0.3 is 18.3 Å². The van der Waals surface area contributed by atoms with Crippen LogP contribution in [0.25, 0.3) is 45.0 Å². The monoisotopic (exact) mass is 860 g/mol. The highest BCUT2D eigenvalue weighted by Crippen LogP contribution is 2.63. The fourth-order valence-corrected chi connectivity index (χ4v) is 14.1. The zero-order valence-corrected chi connectivity index (χ0v) is 35.1. The van der Waals surface area contributed by atoms with Crippen molar-refractivity contribution in [2.24, 2.45) is 0 Å². The molecule has 2 aromatic carbocycles. The highest BCUT2D eigenvalue weighted by atomic mass is 28.4. The Morgan fingerprint density at radius 2 is 0.492 bits per heavy atom. The van der Waals surface area contributed by atoms with Crippen LogP contribution < -0.4 is 18.3 Å². The van der Waals surface area contributed by atoms with Crippen LogP contribution in [-0.4, -0.2) is 68.5 Å². The molecule has 0 saturated heterocycles. The molecule has 65 heavy (non-hydrogen) atoms. The minimum Gasteiger partial charge on any atom is -0.313 e. The Hall–Kier alpha value is -9.22. The lowest BCUT2D eigenvalue weighted by Gasteiger charge is -2.49. The van der Waals surface area contributed by atoms with E-state index in [1.807, 2.05) is 49.6 Å². The van der Waals surface area contributed by atoms with Crippen molar-refractivity contribution >= 4 is 54.2 Å². The number of aromatic nitrogens is 12. The first kappa shape index (κ1) is 37.5. The van der Waals surface area contributed by atoms with Crippen molar-refractivity contribution in [1.82, 2.24) is 59.8 Å². The molecule has 2 aliphatic rings. The van der Waals surface area contributed by atoms with Crippen LogP contribution in [0.3, 0.4) is 0 Å². The molecule has 0 amide bonds. The van der Waals surface area contributed by atoms with E-state index >= 15 is 0 Å². The Labute approximate surface area is 372 Å². The van der Waals surface area contributed by atoms with E-state index in [1.165, 1.54) is 0 Å². The Bertz CT molecular complexity index is 2830. The summed E-state index contributed by atoms with van der Waals surface area (Å²) in [6.45, 7) is 0. The topological polar surface area (TPSA) is 168 Å². The third kappa shape index (κ3) is 6.05. The van der Waals surface area contributed by atoms with E-state index in [1.54, 1.807) is 74.4 Å². The van der Waals surface area contributed by atoms with Gasteiger partial charge in [-0.15, -0.1) is 0 Å². The molecule has 10 heterocycles. The number of hydrogen-bond donors (Lipinski definition) is 0. The average Bonchev–Trinajstić information content (AvgIpc) is 3.84. The molecule has 0 aliphatic carbocycles. The fourth-order valence-electron chi connectivity index (χ4n) is 8.94. The molecule has 1 spiro atoms. The van der Waals surface area contributed by atoms with Crippen molar-refractivity contribution < 1.29 is 0 Å². The number of hydrogen-bond acceptors (Lipinski definition) is 16. The van der Waals surface area contributed by atoms with Crippen molar-refractivity contribution in [3.05, 3.63) is 197 Å². The molecule has 17 heteroatoms. The zero-order chi connectivity index (χ0) is 43.2. The molecule has 2 aliphatic heterocycles. The second kappa shape index (κ2) is 15.6. The van der Waals surface area contributed by atoms with Crippen molar-refractivity contribution in [1.29, 1.82) is 0 Å². The Balaban J connectivity index is 1.28. The van der Waals surface area contributed by atoms with Gasteiger partial charge >= 0.3 is 8.72 Å². The van der Waals surface area contributed by atoms with E-state index in [0.717, 1.165) is 67.8 Å². The van der Waals surface area contributed by atoms with Crippen LogP contribution in [0.2, 0.25) is 0 Å². The lowest BCUT2D eigenvalue weighted by atomic mass is 9.99. The molecule has 0 bridgehead atoms. The largest absolute Gasteiger partial charge is 0.521 e. The van der Waals surface area contributed by atoms with E-state index in [2.05, 4.69) is 131 Å². The number of fused-ring (bicyclic) bond motifs is 2. The average molecular weight is 861 g/mol. The van der Waals surface area contributed by atoms with Crippen LogP contribution in [0.1, 0.15) is 0 Å². The van der Waals surface area contributed by atoms with Crippen LogP contribution in [-0.2, 0) is 0 Å². The van der Waals surface area contributed by atoms with E-state index in [-0.39, 0.29) is 0 Å². The van der Waals surface area contributed by atoms with E-state index in [4.69, 9.17) is 19.9 Å². The minimum atomic E-state index is -3.98. The summed E-state index contributed by atoms with van der Waals surface area (Å²) in [5.41, 5.74) is 13.2. The molecule has 10 aromatic rings. The molecule has 8 aromatic heterocycles. The second-order valence-electron chi connectivity index (χ2n) is 14.9. The van der Waals surface area contributed by atoms with Gasteiger partial charge in [-0.25, -0.2) is 0 Å². The van der Waals surface area contributed by atoms with Gasteiger partial charge in [0.05, 0.1) is 70.3 Å². The Morgan fingerprint density at radius 1 is 0.262 bits per heavy atom. The SMILES string of the molecule is c1cc(N2c3cc(-c4cnccn4)c(-c4cnccn4)cc3N(c3ccncc3)[Si]23N(c2ccncc2)c2cc(-c4cnccn4)c(-c4cnccn4)cc2N3c2ccncc2)ccn1. The van der Waals surface area contributed by atoms with E-state index in [9.17, 15) is 0 Å². The van der Waals surface area contributed by atoms with Gasteiger partial charge in [-0.3, -0.25) is 59.8 Å². The Kier molecular flexibility index (Phi) is 9.01. The summed E-state index contributed by atoms with van der Waals surface area (Å²) in [7, 11) is -3.98. The number of pyridine rings is 4. The first-order valence-corrected chi connectivity index (χ1v) is 22.3. The maximum atomic E-state index is 4.85. The van der Waals surface area contributed by atoms with Gasteiger partial charge in [0.15, 0.2) is 0 Å². The first-order chi connectivity index (χ1) is 32.3. The van der Waals surface area contributed by atoms with Crippen molar-refractivity contribution in [3.63, 3.8) is 0 Å². The lowest BCUT2D eigenvalue weighted by Crippen LogP contribution is -2.76. The predicted molar refractivity (Wildman–Crippen MR) is 248 cm³/mol. The van der Waals surface area contributed by atoms with Crippen molar-refractivity contribution in [2.45, 2.75) is 0 Å². The van der Waals surface area contributed by atoms with Gasteiger partial charge in [0.1, 0.15) is 0 Å². The molecular formula is C48H32N16Si. The van der Waals surface area contributed by atoms with Gasteiger partial charge in [-0.1, -0.05) is 0 Å². The lowest BCUT2D eigenvalue weighted by molar-refractivity contribution is 1.16. The summed E-state index contributed by atoms with van der Waals surface area (Å²) < 4.78 is 9.93. The third-order valence-corrected chi connectivity index (χ3v) is 15.8. The summed E-state index contributed by atoms with van der Waals surface area (Å²) >= 11 is 0. The third-order valence-electron chi connectivity index (χ3n) is 11.4. The van der Waals surface area contributed by atoms with E-state index < -0.39 is 8.72 Å². The maximum absolute atomic E-state index is 4.85. The summed E-state index contributed by atoms with van der Waals surface area (Å²) in [6, 6.07) is 25.3. The molecule has 0 unspecified atom stereocenters. The normalized spacial score (nSPS) is 13.5. The number of rotatable bonds is 8. The first-order valence-electron chi connectivity index (χ1n) is 20.5. The van der Waals surface area contributed by atoms with Gasteiger partial charge in [0.25, 0.3) is 0 Å². The summed E-state index contributed by atoms with van der Waals surface area (Å²) in [5.74, 6) is 0. The quantitative estimate of drug-likeness (QED) is 0.133.